The van der Waals surface area contributed by atoms with Gasteiger partial charge in [0.2, 0.25) is 0 Å². The van der Waals surface area contributed by atoms with Crippen molar-refractivity contribution in [2.24, 2.45) is 0 Å². The van der Waals surface area contributed by atoms with Gasteiger partial charge >= 0.3 is 0 Å². The van der Waals surface area contributed by atoms with Gasteiger partial charge in [0.15, 0.2) is 8.32 Å². The second-order valence-electron chi connectivity index (χ2n) is 8.33. The van der Waals surface area contributed by atoms with Gasteiger partial charge in [-0.1, -0.05) is 30.4 Å². The lowest BCUT2D eigenvalue weighted by molar-refractivity contribution is 0.0900. The Morgan fingerprint density at radius 3 is 2.69 bits per heavy atom. The van der Waals surface area contributed by atoms with E-state index in [4.69, 9.17) is 9.16 Å². The summed E-state index contributed by atoms with van der Waals surface area (Å²) < 4.78 is 11.6. The summed E-state index contributed by atoms with van der Waals surface area (Å²) >= 11 is 0. The van der Waals surface area contributed by atoms with E-state index in [-0.39, 0.29) is 6.10 Å². The Kier molecular flexibility index (Phi) is 7.27. The average molecular weight is 375 g/mol. The van der Waals surface area contributed by atoms with Crippen molar-refractivity contribution in [1.82, 2.24) is 0 Å². The maximum atomic E-state index is 10.5. The highest BCUT2D eigenvalue weighted by molar-refractivity contribution is 6.69. The predicted octanol–water partition coefficient (Wildman–Crippen LogP) is 5.27. The van der Waals surface area contributed by atoms with E-state index in [9.17, 15) is 5.11 Å². The van der Waals surface area contributed by atoms with Crippen LogP contribution in [0.2, 0.25) is 19.6 Å². The molecule has 4 heteroatoms. The predicted molar refractivity (Wildman–Crippen MR) is 111 cm³/mol. The van der Waals surface area contributed by atoms with E-state index in [0.29, 0.717) is 0 Å². The van der Waals surface area contributed by atoms with Crippen molar-refractivity contribution >= 4 is 8.32 Å². The SMILES string of the molecule is COc1cccc(CC/C=C/C(CC2=CCCC2(C)O)O[Si](C)(C)C)c1. The molecule has 0 aliphatic heterocycles. The van der Waals surface area contributed by atoms with Crippen LogP contribution in [0.5, 0.6) is 5.75 Å². The topological polar surface area (TPSA) is 38.7 Å². The Morgan fingerprint density at radius 2 is 2.08 bits per heavy atom. The van der Waals surface area contributed by atoms with Crippen LogP contribution in [0.4, 0.5) is 0 Å². The van der Waals surface area contributed by atoms with Crippen molar-refractivity contribution < 1.29 is 14.3 Å². The summed E-state index contributed by atoms with van der Waals surface area (Å²) in [5.41, 5.74) is 1.73. The molecule has 0 radical (unpaired) electrons. The van der Waals surface area contributed by atoms with E-state index in [0.717, 1.165) is 43.4 Å². The van der Waals surface area contributed by atoms with Gasteiger partial charge in [0.1, 0.15) is 5.75 Å². The lowest BCUT2D eigenvalue weighted by Gasteiger charge is -2.28. The van der Waals surface area contributed by atoms with Gasteiger partial charge in [0.05, 0.1) is 18.8 Å². The first kappa shape index (κ1) is 20.9. The Hall–Kier alpha value is -1.36. The molecule has 26 heavy (non-hydrogen) atoms. The second kappa shape index (κ2) is 9.02. The molecule has 0 aromatic heterocycles. The number of ether oxygens (including phenoxy) is 1. The van der Waals surface area contributed by atoms with E-state index < -0.39 is 13.9 Å². The van der Waals surface area contributed by atoms with Crippen molar-refractivity contribution in [2.75, 3.05) is 7.11 Å². The second-order valence-corrected chi connectivity index (χ2v) is 12.8. The fourth-order valence-electron chi connectivity index (χ4n) is 3.36. The highest BCUT2D eigenvalue weighted by atomic mass is 28.4. The number of hydrogen-bond donors (Lipinski definition) is 1. The zero-order chi connectivity index (χ0) is 19.2. The summed E-state index contributed by atoms with van der Waals surface area (Å²) in [6, 6.07) is 8.22. The first-order chi connectivity index (χ1) is 12.2. The quantitative estimate of drug-likeness (QED) is 0.473. The first-order valence-corrected chi connectivity index (χ1v) is 13.0. The fourth-order valence-corrected chi connectivity index (χ4v) is 4.43. The molecule has 0 spiro atoms. The maximum absolute atomic E-state index is 10.5. The third kappa shape index (κ3) is 6.75. The van der Waals surface area contributed by atoms with E-state index in [1.807, 2.05) is 19.1 Å². The third-order valence-electron chi connectivity index (χ3n) is 4.72. The summed E-state index contributed by atoms with van der Waals surface area (Å²) in [5.74, 6) is 0.904. The number of benzene rings is 1. The summed E-state index contributed by atoms with van der Waals surface area (Å²) in [4.78, 5) is 0. The number of hydrogen-bond acceptors (Lipinski definition) is 3. The number of allylic oxidation sites excluding steroid dienone is 2. The Balaban J connectivity index is 1.96. The van der Waals surface area contributed by atoms with E-state index >= 15 is 0 Å². The molecule has 2 unspecified atom stereocenters. The molecule has 2 rings (SSSR count). The molecule has 1 aromatic carbocycles. The van der Waals surface area contributed by atoms with Crippen LogP contribution in [0.25, 0.3) is 0 Å². The van der Waals surface area contributed by atoms with Gasteiger partial charge < -0.3 is 14.3 Å². The minimum Gasteiger partial charge on any atom is -0.497 e. The molecule has 1 N–H and O–H groups in total. The maximum Gasteiger partial charge on any atom is 0.184 e. The summed E-state index contributed by atoms with van der Waals surface area (Å²) in [6.07, 6.45) is 11.1. The van der Waals surface area contributed by atoms with E-state index in [2.05, 4.69) is 50.0 Å². The standard InChI is InChI=1S/C22H34O3Si/c1-22(23)15-9-12-19(22)17-21(25-26(3,4)5)13-7-6-10-18-11-8-14-20(16-18)24-2/h7-8,11-14,16,21,23H,6,9-10,15,17H2,1-5H3/b13-7+. The number of aryl methyl sites for hydroxylation is 1. The zero-order valence-electron chi connectivity index (χ0n) is 16.9. The van der Waals surface area contributed by atoms with Crippen molar-refractivity contribution in [1.29, 1.82) is 0 Å². The van der Waals surface area contributed by atoms with Crippen LogP contribution in [0.1, 0.15) is 38.2 Å². The molecule has 2 atom stereocenters. The summed E-state index contributed by atoms with van der Waals surface area (Å²) in [7, 11) is 0.0467. The molecule has 0 saturated carbocycles. The Morgan fingerprint density at radius 1 is 1.31 bits per heavy atom. The van der Waals surface area contributed by atoms with Gasteiger partial charge in [-0.05, 0) is 81.9 Å². The molecule has 144 valence electrons. The van der Waals surface area contributed by atoms with Crippen LogP contribution in [-0.2, 0) is 10.8 Å². The van der Waals surface area contributed by atoms with Crippen molar-refractivity contribution in [3.8, 4) is 5.75 Å². The minimum atomic E-state index is -1.65. The highest BCUT2D eigenvalue weighted by Crippen LogP contribution is 2.34. The highest BCUT2D eigenvalue weighted by Gasteiger charge is 2.31. The van der Waals surface area contributed by atoms with Crippen LogP contribution in [-0.4, -0.2) is 32.2 Å². The van der Waals surface area contributed by atoms with E-state index in [1.165, 1.54) is 5.56 Å². The Bertz CT molecular complexity index is 641. The van der Waals surface area contributed by atoms with Crippen LogP contribution in [0.3, 0.4) is 0 Å². The summed E-state index contributed by atoms with van der Waals surface area (Å²) in [6.45, 7) is 8.56. The molecule has 0 fully saturated rings. The molecular weight excluding hydrogens is 340 g/mol. The van der Waals surface area contributed by atoms with Crippen molar-refractivity contribution in [3.63, 3.8) is 0 Å². The van der Waals surface area contributed by atoms with Crippen LogP contribution in [0, 0.1) is 0 Å². The number of methoxy groups -OCH3 is 1. The van der Waals surface area contributed by atoms with Crippen LogP contribution >= 0.6 is 0 Å². The van der Waals surface area contributed by atoms with Crippen molar-refractivity contribution in [3.05, 3.63) is 53.6 Å². The lowest BCUT2D eigenvalue weighted by Crippen LogP contribution is -2.33. The molecule has 0 bridgehead atoms. The first-order valence-electron chi connectivity index (χ1n) is 9.59. The van der Waals surface area contributed by atoms with Gasteiger partial charge in [0, 0.05) is 0 Å². The summed E-state index contributed by atoms with van der Waals surface area (Å²) in [5, 5.41) is 10.5. The molecule has 1 aliphatic rings. The lowest BCUT2D eigenvalue weighted by atomic mass is 9.93. The van der Waals surface area contributed by atoms with Gasteiger partial charge in [-0.25, -0.2) is 0 Å². The normalized spacial score (nSPS) is 21.8. The van der Waals surface area contributed by atoms with Crippen LogP contribution in [0.15, 0.2) is 48.1 Å². The smallest absolute Gasteiger partial charge is 0.184 e. The average Bonchev–Trinajstić information content (AvgIpc) is 2.88. The molecule has 1 aromatic rings. The monoisotopic (exact) mass is 374 g/mol. The van der Waals surface area contributed by atoms with Gasteiger partial charge in [0.25, 0.3) is 0 Å². The molecule has 0 saturated heterocycles. The van der Waals surface area contributed by atoms with Gasteiger partial charge in [-0.3, -0.25) is 0 Å². The zero-order valence-corrected chi connectivity index (χ0v) is 17.9. The van der Waals surface area contributed by atoms with E-state index in [1.54, 1.807) is 7.11 Å². The molecule has 0 heterocycles. The largest absolute Gasteiger partial charge is 0.497 e. The Labute approximate surface area is 159 Å². The molecular formula is C22H34O3Si. The van der Waals surface area contributed by atoms with Gasteiger partial charge in [-0.2, -0.15) is 0 Å². The third-order valence-corrected chi connectivity index (χ3v) is 5.73. The number of rotatable bonds is 9. The fraction of sp³-hybridized carbons (Fsp3) is 0.545. The minimum absolute atomic E-state index is 0.0443. The molecule has 1 aliphatic carbocycles. The van der Waals surface area contributed by atoms with Crippen LogP contribution < -0.4 is 4.74 Å². The molecule has 3 nitrogen and oxygen atoms in total. The van der Waals surface area contributed by atoms with Gasteiger partial charge in [-0.15, -0.1) is 0 Å². The number of aliphatic hydroxyl groups is 1. The van der Waals surface area contributed by atoms with Crippen molar-refractivity contribution in [2.45, 2.75) is 70.4 Å². The molecule has 0 amide bonds.